The fourth-order valence-corrected chi connectivity index (χ4v) is 2.33. The maximum atomic E-state index is 12.1. The molecule has 8 heteroatoms. The van der Waals surface area contributed by atoms with Gasteiger partial charge < -0.3 is 10.6 Å². The van der Waals surface area contributed by atoms with Crippen molar-refractivity contribution in [1.29, 1.82) is 0 Å². The highest BCUT2D eigenvalue weighted by Gasteiger charge is 2.15. The van der Waals surface area contributed by atoms with Crippen molar-refractivity contribution in [3.05, 3.63) is 64.7 Å². The summed E-state index contributed by atoms with van der Waals surface area (Å²) in [7, 11) is 1.54. The number of nitrogens with one attached hydrogen (secondary N) is 4. The van der Waals surface area contributed by atoms with E-state index in [1.807, 2.05) is 0 Å². The second-order valence-electron chi connectivity index (χ2n) is 5.48. The Morgan fingerprint density at radius 1 is 0.923 bits per heavy atom. The van der Waals surface area contributed by atoms with E-state index in [4.69, 9.17) is 11.6 Å². The summed E-state index contributed by atoms with van der Waals surface area (Å²) in [5, 5.41) is 5.93. The van der Waals surface area contributed by atoms with Gasteiger partial charge in [-0.1, -0.05) is 23.7 Å². The van der Waals surface area contributed by atoms with E-state index in [-0.39, 0.29) is 5.91 Å². The molecule has 7 nitrogen and oxygen atoms in total. The maximum Gasteiger partial charge on any atom is 0.269 e. The van der Waals surface area contributed by atoms with Crippen LogP contribution in [0.1, 0.15) is 27.6 Å². The van der Waals surface area contributed by atoms with Crippen molar-refractivity contribution in [2.45, 2.75) is 13.0 Å². The van der Waals surface area contributed by atoms with E-state index < -0.39 is 17.9 Å². The molecule has 3 amide bonds. The summed E-state index contributed by atoms with van der Waals surface area (Å²) in [5.41, 5.74) is 6.08. The molecule has 0 saturated carbocycles. The predicted molar refractivity (Wildman–Crippen MR) is 100.0 cm³/mol. The highest BCUT2D eigenvalue weighted by atomic mass is 35.5. The van der Waals surface area contributed by atoms with E-state index in [2.05, 4.69) is 21.5 Å². The van der Waals surface area contributed by atoms with Gasteiger partial charge in [-0.15, -0.1) is 0 Å². The van der Waals surface area contributed by atoms with Gasteiger partial charge in [0.25, 0.3) is 17.7 Å². The minimum Gasteiger partial charge on any atom is -0.374 e. The lowest BCUT2D eigenvalue weighted by Crippen LogP contribution is -2.47. The third-order valence-electron chi connectivity index (χ3n) is 3.51. The minimum atomic E-state index is -0.644. The SMILES string of the molecule is CNC(=O)c1cccc(N[C@@H](C)C(=O)NNC(=O)c2cccc(Cl)c2)c1. The van der Waals surface area contributed by atoms with E-state index in [0.717, 1.165) is 0 Å². The molecule has 2 rings (SSSR count). The van der Waals surface area contributed by atoms with Gasteiger partial charge in [-0.05, 0) is 43.3 Å². The summed E-state index contributed by atoms with van der Waals surface area (Å²) < 4.78 is 0. The number of rotatable bonds is 5. The van der Waals surface area contributed by atoms with Gasteiger partial charge in [-0.25, -0.2) is 0 Å². The Kier molecular flexibility index (Phi) is 6.57. The Balaban J connectivity index is 1.91. The molecule has 4 N–H and O–H groups in total. The first-order valence-electron chi connectivity index (χ1n) is 7.85. The largest absolute Gasteiger partial charge is 0.374 e. The van der Waals surface area contributed by atoms with Crippen LogP contribution in [0.4, 0.5) is 5.69 Å². The van der Waals surface area contributed by atoms with E-state index in [1.165, 1.54) is 6.07 Å². The Hall–Kier alpha value is -3.06. The number of amides is 3. The predicted octanol–water partition coefficient (Wildman–Crippen LogP) is 1.96. The van der Waals surface area contributed by atoms with Gasteiger partial charge in [0.05, 0.1) is 0 Å². The topological polar surface area (TPSA) is 99.3 Å². The molecule has 0 aromatic heterocycles. The van der Waals surface area contributed by atoms with Crippen molar-refractivity contribution >= 4 is 35.0 Å². The van der Waals surface area contributed by atoms with Gasteiger partial charge in [0.1, 0.15) is 6.04 Å². The van der Waals surface area contributed by atoms with Gasteiger partial charge in [0, 0.05) is 28.9 Å². The fourth-order valence-electron chi connectivity index (χ4n) is 2.14. The number of carbonyl (C=O) groups is 3. The zero-order valence-electron chi connectivity index (χ0n) is 14.3. The molecule has 26 heavy (non-hydrogen) atoms. The third kappa shape index (κ3) is 5.22. The van der Waals surface area contributed by atoms with Crippen molar-refractivity contribution in [2.24, 2.45) is 0 Å². The lowest BCUT2D eigenvalue weighted by Gasteiger charge is -2.16. The van der Waals surface area contributed by atoms with Crippen LogP contribution in [0.5, 0.6) is 0 Å². The molecule has 0 radical (unpaired) electrons. The smallest absolute Gasteiger partial charge is 0.269 e. The highest BCUT2D eigenvalue weighted by Crippen LogP contribution is 2.12. The summed E-state index contributed by atoms with van der Waals surface area (Å²) >= 11 is 5.83. The number of benzene rings is 2. The second-order valence-corrected chi connectivity index (χ2v) is 5.92. The molecule has 136 valence electrons. The molecule has 0 spiro atoms. The first kappa shape index (κ1) is 19.3. The van der Waals surface area contributed by atoms with Gasteiger partial charge in [-0.3, -0.25) is 25.2 Å². The molecule has 0 aliphatic heterocycles. The van der Waals surface area contributed by atoms with E-state index in [0.29, 0.717) is 21.8 Å². The standard InChI is InChI=1S/C18H19ClN4O3/c1-11(21-15-8-4-6-13(10-15)17(25)20-2)16(24)22-23-18(26)12-5-3-7-14(19)9-12/h3-11,21H,1-2H3,(H,20,25)(H,22,24)(H,23,26)/t11-/m0/s1. The van der Waals surface area contributed by atoms with Crippen molar-refractivity contribution in [3.63, 3.8) is 0 Å². The van der Waals surface area contributed by atoms with Crippen LogP contribution in [0, 0.1) is 0 Å². The highest BCUT2D eigenvalue weighted by molar-refractivity contribution is 6.30. The summed E-state index contributed by atoms with van der Waals surface area (Å²) in [5.74, 6) is -1.14. The Labute approximate surface area is 156 Å². The summed E-state index contributed by atoms with van der Waals surface area (Å²) in [6.07, 6.45) is 0. The summed E-state index contributed by atoms with van der Waals surface area (Å²) in [6.45, 7) is 1.63. The van der Waals surface area contributed by atoms with E-state index in [1.54, 1.807) is 56.4 Å². The maximum absolute atomic E-state index is 12.1. The minimum absolute atomic E-state index is 0.223. The average Bonchev–Trinajstić information content (AvgIpc) is 2.65. The van der Waals surface area contributed by atoms with Crippen LogP contribution in [-0.4, -0.2) is 30.8 Å². The molecule has 0 fully saturated rings. The normalized spacial score (nSPS) is 11.2. The summed E-state index contributed by atoms with van der Waals surface area (Å²) in [4.78, 5) is 35.8. The lowest BCUT2D eigenvalue weighted by atomic mass is 10.1. The van der Waals surface area contributed by atoms with Gasteiger partial charge >= 0.3 is 0 Å². The van der Waals surface area contributed by atoms with Gasteiger partial charge in [0.15, 0.2) is 0 Å². The van der Waals surface area contributed by atoms with E-state index >= 15 is 0 Å². The van der Waals surface area contributed by atoms with Crippen molar-refractivity contribution in [2.75, 3.05) is 12.4 Å². The van der Waals surface area contributed by atoms with Crippen LogP contribution >= 0.6 is 11.6 Å². The number of hydrogen-bond acceptors (Lipinski definition) is 4. The molecule has 2 aromatic carbocycles. The van der Waals surface area contributed by atoms with Gasteiger partial charge in [0.2, 0.25) is 0 Å². The monoisotopic (exact) mass is 374 g/mol. The van der Waals surface area contributed by atoms with Crippen molar-refractivity contribution < 1.29 is 14.4 Å². The third-order valence-corrected chi connectivity index (χ3v) is 3.75. The average molecular weight is 375 g/mol. The lowest BCUT2D eigenvalue weighted by molar-refractivity contribution is -0.122. The van der Waals surface area contributed by atoms with Crippen LogP contribution in [0.15, 0.2) is 48.5 Å². The fraction of sp³-hybridized carbons (Fsp3) is 0.167. The number of halogens is 1. The quantitative estimate of drug-likeness (QED) is 0.601. The molecule has 0 unspecified atom stereocenters. The Bertz CT molecular complexity index is 826. The molecule has 2 aromatic rings. The van der Waals surface area contributed by atoms with Crippen molar-refractivity contribution in [3.8, 4) is 0 Å². The van der Waals surface area contributed by atoms with Crippen LogP contribution in [-0.2, 0) is 4.79 Å². The van der Waals surface area contributed by atoms with Crippen LogP contribution in [0.2, 0.25) is 5.02 Å². The molecule has 0 bridgehead atoms. The molecular weight excluding hydrogens is 356 g/mol. The molecule has 0 aliphatic rings. The number of hydrogen-bond donors (Lipinski definition) is 4. The zero-order valence-corrected chi connectivity index (χ0v) is 15.1. The molecule has 0 heterocycles. The number of hydrazine groups is 1. The number of anilines is 1. The first-order valence-corrected chi connectivity index (χ1v) is 8.23. The Morgan fingerprint density at radius 2 is 1.58 bits per heavy atom. The van der Waals surface area contributed by atoms with Crippen LogP contribution in [0.25, 0.3) is 0 Å². The number of carbonyl (C=O) groups excluding carboxylic acids is 3. The zero-order chi connectivity index (χ0) is 19.1. The van der Waals surface area contributed by atoms with Crippen LogP contribution in [0.3, 0.4) is 0 Å². The van der Waals surface area contributed by atoms with Crippen molar-refractivity contribution in [1.82, 2.24) is 16.2 Å². The second kappa shape index (κ2) is 8.87. The molecular formula is C18H19ClN4O3. The van der Waals surface area contributed by atoms with E-state index in [9.17, 15) is 14.4 Å². The summed E-state index contributed by atoms with van der Waals surface area (Å²) in [6, 6.07) is 12.5. The Morgan fingerprint density at radius 3 is 2.23 bits per heavy atom. The molecule has 1 atom stereocenters. The molecule has 0 saturated heterocycles. The first-order chi connectivity index (χ1) is 12.4. The molecule has 0 aliphatic carbocycles. The van der Waals surface area contributed by atoms with Gasteiger partial charge in [-0.2, -0.15) is 0 Å². The van der Waals surface area contributed by atoms with Crippen LogP contribution < -0.4 is 21.5 Å².